The number of primary amides is 1. The zero-order chi connectivity index (χ0) is 13.8. The van der Waals surface area contributed by atoms with Crippen molar-refractivity contribution < 1.29 is 14.0 Å². The molecule has 1 aromatic rings. The number of carbonyl (C=O) groups is 2. The van der Waals surface area contributed by atoms with Crippen LogP contribution in [0.15, 0.2) is 21.2 Å². The molecule has 1 aromatic heterocycles. The van der Waals surface area contributed by atoms with Crippen molar-refractivity contribution in [2.45, 2.75) is 6.42 Å². The minimum atomic E-state index is -0.338. The van der Waals surface area contributed by atoms with Gasteiger partial charge in [0.2, 0.25) is 5.91 Å². The molecule has 1 fully saturated rings. The molecule has 7 heteroatoms. The summed E-state index contributed by atoms with van der Waals surface area (Å²) in [6, 6.07) is 3.35. The molecule has 19 heavy (non-hydrogen) atoms. The zero-order valence-electron chi connectivity index (χ0n) is 10.5. The van der Waals surface area contributed by atoms with Crippen LogP contribution in [0.2, 0.25) is 0 Å². The molecule has 0 radical (unpaired) electrons. The maximum absolute atomic E-state index is 12.2. The predicted octanol–water partition coefficient (Wildman–Crippen LogP) is 0.675. The van der Waals surface area contributed by atoms with Crippen LogP contribution >= 0.6 is 15.9 Å². The number of nitrogens with two attached hydrogens (primary N) is 1. The van der Waals surface area contributed by atoms with Crippen LogP contribution in [-0.2, 0) is 4.79 Å². The average molecular weight is 330 g/mol. The van der Waals surface area contributed by atoms with Crippen molar-refractivity contribution in [3.05, 3.63) is 22.6 Å². The number of hydrogen-bond donors (Lipinski definition) is 1. The smallest absolute Gasteiger partial charge is 0.289 e. The van der Waals surface area contributed by atoms with E-state index in [4.69, 9.17) is 10.2 Å². The Balaban J connectivity index is 1.95. The molecule has 2 N–H and O–H groups in total. The van der Waals surface area contributed by atoms with E-state index in [9.17, 15) is 9.59 Å². The van der Waals surface area contributed by atoms with Gasteiger partial charge in [-0.15, -0.1) is 0 Å². The van der Waals surface area contributed by atoms with Crippen molar-refractivity contribution >= 4 is 27.7 Å². The monoisotopic (exact) mass is 329 g/mol. The molecule has 1 saturated heterocycles. The lowest BCUT2D eigenvalue weighted by atomic mass is 10.3. The summed E-state index contributed by atoms with van der Waals surface area (Å²) in [5, 5.41) is 0. The van der Waals surface area contributed by atoms with Crippen LogP contribution in [0.1, 0.15) is 17.0 Å². The average Bonchev–Trinajstić information content (AvgIpc) is 2.65. The van der Waals surface area contributed by atoms with E-state index in [2.05, 4.69) is 15.9 Å². The highest BCUT2D eigenvalue weighted by molar-refractivity contribution is 9.10. The minimum Gasteiger partial charge on any atom is -0.444 e. The van der Waals surface area contributed by atoms with E-state index in [1.165, 1.54) is 0 Å². The summed E-state index contributed by atoms with van der Waals surface area (Å²) in [6.45, 7) is 2.90. The number of halogens is 1. The van der Waals surface area contributed by atoms with Crippen LogP contribution < -0.4 is 5.73 Å². The molecule has 0 saturated carbocycles. The summed E-state index contributed by atoms with van der Waals surface area (Å²) in [5.74, 6) is -0.128. The van der Waals surface area contributed by atoms with E-state index < -0.39 is 0 Å². The quantitative estimate of drug-likeness (QED) is 0.884. The Morgan fingerprint density at radius 1 is 1.26 bits per heavy atom. The van der Waals surface area contributed by atoms with E-state index in [1.807, 2.05) is 4.90 Å². The van der Waals surface area contributed by atoms with Gasteiger partial charge in [-0.05, 0) is 34.5 Å². The van der Waals surface area contributed by atoms with Gasteiger partial charge < -0.3 is 15.1 Å². The van der Waals surface area contributed by atoms with E-state index >= 15 is 0 Å². The molecule has 0 bridgehead atoms. The Morgan fingerprint density at radius 2 is 2.05 bits per heavy atom. The van der Waals surface area contributed by atoms with Crippen molar-refractivity contribution in [3.8, 4) is 0 Å². The van der Waals surface area contributed by atoms with Crippen molar-refractivity contribution in [3.63, 3.8) is 0 Å². The predicted molar refractivity (Wildman–Crippen MR) is 72.6 cm³/mol. The van der Waals surface area contributed by atoms with Gasteiger partial charge >= 0.3 is 0 Å². The van der Waals surface area contributed by atoms with Gasteiger partial charge in [0, 0.05) is 26.2 Å². The van der Waals surface area contributed by atoms with Crippen LogP contribution in [0.3, 0.4) is 0 Å². The first kappa shape index (κ1) is 14.1. The fourth-order valence-corrected chi connectivity index (χ4v) is 2.44. The first-order chi connectivity index (χ1) is 9.06. The summed E-state index contributed by atoms with van der Waals surface area (Å²) in [5.41, 5.74) is 5.18. The maximum Gasteiger partial charge on any atom is 0.289 e. The van der Waals surface area contributed by atoms with Crippen molar-refractivity contribution in [1.82, 2.24) is 9.80 Å². The van der Waals surface area contributed by atoms with Crippen LogP contribution in [0.5, 0.6) is 0 Å². The Bertz CT molecular complexity index is 475. The molecule has 1 aliphatic rings. The molecule has 0 aromatic carbocycles. The highest BCUT2D eigenvalue weighted by Gasteiger charge is 2.22. The van der Waals surface area contributed by atoms with E-state index in [-0.39, 0.29) is 18.4 Å². The molecule has 2 heterocycles. The highest BCUT2D eigenvalue weighted by Crippen LogP contribution is 2.16. The second-order valence-electron chi connectivity index (χ2n) is 4.49. The maximum atomic E-state index is 12.2. The van der Waals surface area contributed by atoms with Gasteiger partial charge in [0.15, 0.2) is 10.4 Å². The summed E-state index contributed by atoms with van der Waals surface area (Å²) < 4.78 is 5.81. The SMILES string of the molecule is NC(=O)CN1CCCN(C(=O)c2ccc(Br)o2)CC1. The summed E-state index contributed by atoms with van der Waals surface area (Å²) in [6.07, 6.45) is 0.820. The van der Waals surface area contributed by atoms with E-state index in [1.54, 1.807) is 17.0 Å². The lowest BCUT2D eigenvalue weighted by molar-refractivity contribution is -0.119. The van der Waals surface area contributed by atoms with Gasteiger partial charge in [-0.3, -0.25) is 14.5 Å². The second kappa shape index (κ2) is 6.21. The Labute approximate surface area is 119 Å². The second-order valence-corrected chi connectivity index (χ2v) is 5.27. The molecule has 1 aliphatic heterocycles. The summed E-state index contributed by atoms with van der Waals surface area (Å²) >= 11 is 3.18. The zero-order valence-corrected chi connectivity index (χ0v) is 12.1. The lowest BCUT2D eigenvalue weighted by Gasteiger charge is -2.20. The van der Waals surface area contributed by atoms with Crippen molar-refractivity contribution in [2.24, 2.45) is 5.73 Å². The molecule has 0 atom stereocenters. The molecule has 2 rings (SSSR count). The molecule has 0 aliphatic carbocycles. The molecule has 0 spiro atoms. The lowest BCUT2D eigenvalue weighted by Crippen LogP contribution is -2.38. The van der Waals surface area contributed by atoms with Crippen LogP contribution in [0.4, 0.5) is 0 Å². The molecule has 104 valence electrons. The molecule has 6 nitrogen and oxygen atoms in total. The van der Waals surface area contributed by atoms with Crippen LogP contribution in [-0.4, -0.2) is 54.3 Å². The standard InChI is InChI=1S/C12H16BrN3O3/c13-10-3-2-9(19-10)12(18)16-5-1-4-15(6-7-16)8-11(14)17/h2-3H,1,4-8H2,(H2,14,17). The first-order valence-corrected chi connectivity index (χ1v) is 6.91. The molecule has 2 amide bonds. The minimum absolute atomic E-state index is 0.119. The van der Waals surface area contributed by atoms with E-state index in [0.29, 0.717) is 30.1 Å². The summed E-state index contributed by atoms with van der Waals surface area (Å²) in [4.78, 5) is 26.8. The van der Waals surface area contributed by atoms with Crippen molar-refractivity contribution in [1.29, 1.82) is 0 Å². The largest absolute Gasteiger partial charge is 0.444 e. The van der Waals surface area contributed by atoms with E-state index in [0.717, 1.165) is 13.0 Å². The number of amides is 2. The van der Waals surface area contributed by atoms with Gasteiger partial charge in [0.25, 0.3) is 5.91 Å². The van der Waals surface area contributed by atoms with Gasteiger partial charge in [-0.2, -0.15) is 0 Å². The number of hydrogen-bond acceptors (Lipinski definition) is 4. The topological polar surface area (TPSA) is 79.8 Å². The molecular formula is C12H16BrN3O3. The van der Waals surface area contributed by atoms with Gasteiger partial charge in [-0.25, -0.2) is 0 Å². The highest BCUT2D eigenvalue weighted by atomic mass is 79.9. The van der Waals surface area contributed by atoms with Gasteiger partial charge in [-0.1, -0.05) is 0 Å². The first-order valence-electron chi connectivity index (χ1n) is 6.11. The Hall–Kier alpha value is -1.34. The van der Waals surface area contributed by atoms with Gasteiger partial charge in [0.05, 0.1) is 6.54 Å². The number of nitrogens with zero attached hydrogens (tertiary/aromatic N) is 2. The normalized spacial score (nSPS) is 17.2. The third kappa shape index (κ3) is 3.81. The van der Waals surface area contributed by atoms with Crippen molar-refractivity contribution in [2.75, 3.05) is 32.7 Å². The Morgan fingerprint density at radius 3 is 2.68 bits per heavy atom. The van der Waals surface area contributed by atoms with Gasteiger partial charge in [0.1, 0.15) is 0 Å². The number of rotatable bonds is 3. The Kier molecular flexibility index (Phi) is 4.60. The number of furan rings is 1. The fourth-order valence-electron chi connectivity index (χ4n) is 2.14. The molecule has 0 unspecified atom stereocenters. The third-order valence-electron chi connectivity index (χ3n) is 3.04. The van der Waals surface area contributed by atoms with Crippen LogP contribution in [0.25, 0.3) is 0 Å². The molecular weight excluding hydrogens is 314 g/mol. The summed E-state index contributed by atoms with van der Waals surface area (Å²) in [7, 11) is 0. The third-order valence-corrected chi connectivity index (χ3v) is 3.47. The van der Waals surface area contributed by atoms with Crippen LogP contribution in [0, 0.1) is 0 Å². The fraction of sp³-hybridized carbons (Fsp3) is 0.500. The number of carbonyl (C=O) groups excluding carboxylic acids is 2.